The molecule has 18 heavy (non-hydrogen) atoms. The van der Waals surface area contributed by atoms with E-state index in [0.717, 1.165) is 23.1 Å². The molecule has 2 rings (SSSR count). The summed E-state index contributed by atoms with van der Waals surface area (Å²) in [7, 11) is 2.01. The Morgan fingerprint density at radius 1 is 1.50 bits per heavy atom. The van der Waals surface area contributed by atoms with E-state index in [9.17, 15) is 0 Å². The van der Waals surface area contributed by atoms with E-state index in [1.165, 1.54) is 10.6 Å². The van der Waals surface area contributed by atoms with Crippen LogP contribution in [0, 0.1) is 6.92 Å². The van der Waals surface area contributed by atoms with Gasteiger partial charge in [-0.25, -0.2) is 0 Å². The van der Waals surface area contributed by atoms with Crippen molar-refractivity contribution in [3.63, 3.8) is 0 Å². The van der Waals surface area contributed by atoms with Crippen LogP contribution in [0.4, 0.5) is 0 Å². The van der Waals surface area contributed by atoms with E-state index in [-0.39, 0.29) is 0 Å². The summed E-state index contributed by atoms with van der Waals surface area (Å²) in [5, 5.41) is 10.0. The zero-order valence-corrected chi connectivity index (χ0v) is 13.3. The summed E-state index contributed by atoms with van der Waals surface area (Å²) < 4.78 is 3.24. The fourth-order valence-corrected chi connectivity index (χ4v) is 3.66. The molecule has 0 aliphatic rings. The van der Waals surface area contributed by atoms with Gasteiger partial charge in [0, 0.05) is 39.4 Å². The Labute approximate surface area is 120 Å². The molecule has 0 bridgehead atoms. The molecule has 0 fully saturated rings. The molecule has 0 aromatic carbocycles. The molecule has 0 spiro atoms. The van der Waals surface area contributed by atoms with Crippen molar-refractivity contribution in [2.24, 2.45) is 0 Å². The SMILES string of the molecule is CCn1nc(C)cc1CC(NC)c1cc(Br)cs1. The van der Waals surface area contributed by atoms with Gasteiger partial charge in [-0.3, -0.25) is 4.68 Å². The third-order valence-corrected chi connectivity index (χ3v) is 4.79. The van der Waals surface area contributed by atoms with Crippen LogP contribution in [0.25, 0.3) is 0 Å². The summed E-state index contributed by atoms with van der Waals surface area (Å²) in [6.45, 7) is 5.10. The van der Waals surface area contributed by atoms with Crippen molar-refractivity contribution in [1.82, 2.24) is 15.1 Å². The van der Waals surface area contributed by atoms with Crippen LogP contribution in [0.5, 0.6) is 0 Å². The number of nitrogens with zero attached hydrogens (tertiary/aromatic N) is 2. The van der Waals surface area contributed by atoms with E-state index in [1.807, 2.05) is 14.0 Å². The average Bonchev–Trinajstić information content (AvgIpc) is 2.92. The highest BCUT2D eigenvalue weighted by molar-refractivity contribution is 9.10. The highest BCUT2D eigenvalue weighted by Crippen LogP contribution is 2.27. The fraction of sp³-hybridized carbons (Fsp3) is 0.462. The first kappa shape index (κ1) is 13.8. The average molecular weight is 328 g/mol. The van der Waals surface area contributed by atoms with Gasteiger partial charge in [0.25, 0.3) is 0 Å². The smallest absolute Gasteiger partial charge is 0.0596 e. The molecular formula is C13H18BrN3S. The molecule has 0 saturated carbocycles. The molecule has 0 aliphatic heterocycles. The maximum absolute atomic E-state index is 4.50. The van der Waals surface area contributed by atoms with Gasteiger partial charge < -0.3 is 5.32 Å². The van der Waals surface area contributed by atoms with Crippen molar-refractivity contribution in [1.29, 1.82) is 0 Å². The van der Waals surface area contributed by atoms with Gasteiger partial charge in [0.1, 0.15) is 0 Å². The maximum atomic E-state index is 4.50. The van der Waals surface area contributed by atoms with E-state index < -0.39 is 0 Å². The van der Waals surface area contributed by atoms with Crippen molar-refractivity contribution < 1.29 is 0 Å². The largest absolute Gasteiger partial charge is 0.312 e. The Hall–Kier alpha value is -0.650. The first-order chi connectivity index (χ1) is 8.63. The van der Waals surface area contributed by atoms with Crippen LogP contribution >= 0.6 is 27.3 Å². The maximum Gasteiger partial charge on any atom is 0.0596 e. The Morgan fingerprint density at radius 3 is 2.83 bits per heavy atom. The number of rotatable bonds is 5. The first-order valence-electron chi connectivity index (χ1n) is 6.08. The number of hydrogen-bond donors (Lipinski definition) is 1. The van der Waals surface area contributed by atoms with E-state index in [1.54, 1.807) is 11.3 Å². The van der Waals surface area contributed by atoms with Crippen molar-refractivity contribution in [2.45, 2.75) is 32.9 Å². The second-order valence-electron chi connectivity index (χ2n) is 4.31. The van der Waals surface area contributed by atoms with Crippen LogP contribution in [-0.2, 0) is 13.0 Å². The quantitative estimate of drug-likeness (QED) is 0.910. The van der Waals surface area contributed by atoms with Crippen LogP contribution in [0.2, 0.25) is 0 Å². The van der Waals surface area contributed by atoms with Crippen LogP contribution in [0.15, 0.2) is 22.0 Å². The lowest BCUT2D eigenvalue weighted by molar-refractivity contribution is 0.546. The summed E-state index contributed by atoms with van der Waals surface area (Å²) in [6.07, 6.45) is 0.970. The highest BCUT2D eigenvalue weighted by atomic mass is 79.9. The standard InChI is InChI=1S/C13H18BrN3S/c1-4-17-11(5-9(2)16-17)7-12(15-3)13-6-10(14)8-18-13/h5-6,8,12,15H,4,7H2,1-3H3. The zero-order valence-electron chi connectivity index (χ0n) is 10.9. The molecule has 2 aromatic rings. The van der Waals surface area contributed by atoms with Gasteiger partial charge in [-0.1, -0.05) is 0 Å². The number of thiophene rings is 1. The minimum Gasteiger partial charge on any atom is -0.312 e. The lowest BCUT2D eigenvalue weighted by Gasteiger charge is -2.15. The number of nitrogens with one attached hydrogen (secondary N) is 1. The van der Waals surface area contributed by atoms with Crippen LogP contribution in [0.1, 0.15) is 29.2 Å². The minimum atomic E-state index is 0.350. The first-order valence-corrected chi connectivity index (χ1v) is 7.75. The molecule has 1 N–H and O–H groups in total. The number of hydrogen-bond acceptors (Lipinski definition) is 3. The molecule has 5 heteroatoms. The molecule has 98 valence electrons. The summed E-state index contributed by atoms with van der Waals surface area (Å²) in [4.78, 5) is 1.35. The monoisotopic (exact) mass is 327 g/mol. The topological polar surface area (TPSA) is 29.9 Å². The van der Waals surface area contributed by atoms with Crippen molar-refractivity contribution in [2.75, 3.05) is 7.05 Å². The van der Waals surface area contributed by atoms with Gasteiger partial charge in [0.15, 0.2) is 0 Å². The van der Waals surface area contributed by atoms with Gasteiger partial charge in [-0.05, 0) is 49.0 Å². The second-order valence-corrected chi connectivity index (χ2v) is 6.16. The Kier molecular flexibility index (Phi) is 4.59. The lowest BCUT2D eigenvalue weighted by Crippen LogP contribution is -2.19. The predicted molar refractivity (Wildman–Crippen MR) is 80.2 cm³/mol. The summed E-state index contributed by atoms with van der Waals surface area (Å²) in [5.41, 5.74) is 2.38. The van der Waals surface area contributed by atoms with Crippen LogP contribution < -0.4 is 5.32 Å². The molecule has 2 heterocycles. The molecule has 0 saturated heterocycles. The third-order valence-electron chi connectivity index (χ3n) is 2.98. The van der Waals surface area contributed by atoms with E-state index in [0.29, 0.717) is 6.04 Å². The summed E-state index contributed by atoms with van der Waals surface area (Å²) in [5.74, 6) is 0. The molecular weight excluding hydrogens is 310 g/mol. The van der Waals surface area contributed by atoms with E-state index in [2.05, 4.69) is 55.5 Å². The van der Waals surface area contributed by atoms with Gasteiger partial charge in [0.05, 0.1) is 5.69 Å². The molecule has 1 unspecified atom stereocenters. The van der Waals surface area contributed by atoms with Gasteiger partial charge in [-0.2, -0.15) is 5.10 Å². The fourth-order valence-electron chi connectivity index (χ4n) is 2.10. The van der Waals surface area contributed by atoms with Crippen molar-refractivity contribution in [3.8, 4) is 0 Å². The number of aryl methyl sites for hydroxylation is 2. The molecule has 0 amide bonds. The summed E-state index contributed by atoms with van der Waals surface area (Å²) in [6, 6.07) is 4.71. The normalized spacial score (nSPS) is 12.9. The van der Waals surface area contributed by atoms with Crippen LogP contribution in [0.3, 0.4) is 0 Å². The minimum absolute atomic E-state index is 0.350. The zero-order chi connectivity index (χ0) is 13.1. The molecule has 0 radical (unpaired) electrons. The number of halogens is 1. The lowest BCUT2D eigenvalue weighted by atomic mass is 10.1. The van der Waals surface area contributed by atoms with Crippen molar-refractivity contribution in [3.05, 3.63) is 38.3 Å². The molecule has 2 aromatic heterocycles. The molecule has 3 nitrogen and oxygen atoms in total. The van der Waals surface area contributed by atoms with Gasteiger partial charge in [-0.15, -0.1) is 11.3 Å². The number of aromatic nitrogens is 2. The third kappa shape index (κ3) is 3.02. The number of likely N-dealkylation sites (N-methyl/N-ethyl adjacent to an activating group) is 1. The van der Waals surface area contributed by atoms with Crippen LogP contribution in [-0.4, -0.2) is 16.8 Å². The summed E-state index contributed by atoms with van der Waals surface area (Å²) >= 11 is 5.30. The van der Waals surface area contributed by atoms with Crippen molar-refractivity contribution >= 4 is 27.3 Å². The van der Waals surface area contributed by atoms with Gasteiger partial charge >= 0.3 is 0 Å². The van der Waals surface area contributed by atoms with E-state index >= 15 is 0 Å². The Bertz CT molecular complexity index is 518. The Balaban J connectivity index is 2.19. The second kappa shape index (κ2) is 5.99. The molecule has 1 atom stereocenters. The Morgan fingerprint density at radius 2 is 2.28 bits per heavy atom. The predicted octanol–water partition coefficient (Wildman–Crippen LogP) is 3.54. The molecule has 0 aliphatic carbocycles. The van der Waals surface area contributed by atoms with Gasteiger partial charge in [0.2, 0.25) is 0 Å². The van der Waals surface area contributed by atoms with E-state index in [4.69, 9.17) is 0 Å². The highest BCUT2D eigenvalue weighted by Gasteiger charge is 2.15.